The Morgan fingerprint density at radius 3 is 2.27 bits per heavy atom. The fraction of sp³-hybridized carbons (Fsp3) is 0.400. The van der Waals surface area contributed by atoms with Crippen LogP contribution in [0, 0.1) is 11.3 Å². The number of Topliss-reactive ketones (excluding diaryl/α,β-unsaturated/α-hetero) is 1. The average molecular weight is 351 g/mol. The molecular weight excluding hydrogens is 316 g/mol. The van der Waals surface area contributed by atoms with E-state index in [0.29, 0.717) is 0 Å². The zero-order chi connectivity index (χ0) is 19.7. The van der Waals surface area contributed by atoms with Crippen LogP contribution >= 0.6 is 0 Å². The quantitative estimate of drug-likeness (QED) is 0.468. The number of hydrogen-bond acceptors (Lipinski definition) is 1. The predicted molar refractivity (Wildman–Crippen MR) is 115 cm³/mol. The summed E-state index contributed by atoms with van der Waals surface area (Å²) in [4.78, 5) is 12.3. The maximum atomic E-state index is 12.3. The molecule has 0 heterocycles. The average Bonchev–Trinajstić information content (AvgIpc) is 2.56. The van der Waals surface area contributed by atoms with E-state index < -0.39 is 0 Å². The number of allylic oxidation sites excluding steroid dienone is 14. The molecule has 0 fully saturated rings. The minimum absolute atomic E-state index is 0.0443. The minimum Gasteiger partial charge on any atom is -0.294 e. The van der Waals surface area contributed by atoms with Gasteiger partial charge in [0, 0.05) is 5.92 Å². The van der Waals surface area contributed by atoms with Crippen LogP contribution in [0.2, 0.25) is 0 Å². The summed E-state index contributed by atoms with van der Waals surface area (Å²) in [5.41, 5.74) is 4.50. The molecule has 140 valence electrons. The second-order valence-corrected chi connectivity index (χ2v) is 7.82. The summed E-state index contributed by atoms with van der Waals surface area (Å²) in [6, 6.07) is 0. The lowest BCUT2D eigenvalue weighted by molar-refractivity contribution is -0.120. The Hall–Kier alpha value is -2.15. The van der Waals surface area contributed by atoms with Gasteiger partial charge in [-0.25, -0.2) is 0 Å². The van der Waals surface area contributed by atoms with E-state index in [1.54, 1.807) is 0 Å². The summed E-state index contributed by atoms with van der Waals surface area (Å²) in [6.07, 6.45) is 21.6. The van der Waals surface area contributed by atoms with Gasteiger partial charge >= 0.3 is 0 Å². The molecule has 1 nitrogen and oxygen atoms in total. The first-order valence-electron chi connectivity index (χ1n) is 9.44. The molecule has 0 aromatic heterocycles. The molecule has 0 N–H and O–H groups in total. The van der Waals surface area contributed by atoms with Crippen molar-refractivity contribution in [2.24, 2.45) is 11.3 Å². The number of carbonyl (C=O) groups excluding carboxylic acids is 1. The van der Waals surface area contributed by atoms with E-state index in [2.05, 4.69) is 64.2 Å². The van der Waals surface area contributed by atoms with Crippen molar-refractivity contribution in [2.45, 2.75) is 54.9 Å². The second-order valence-electron chi connectivity index (χ2n) is 7.82. The zero-order valence-electron chi connectivity index (χ0n) is 17.5. The molecule has 0 radical (unpaired) electrons. The molecule has 1 rings (SSSR count). The van der Waals surface area contributed by atoms with Crippen molar-refractivity contribution in [1.82, 2.24) is 0 Å². The lowest BCUT2D eigenvalue weighted by atomic mass is 9.68. The standard InChI is InChI=1S/C25H34O/c1-8-9-10-11-13-19(2)14-12-15-20(3)16-17-23-22(5)24(26)21(4)18-25(23,6)7/h8-17,21H,18H2,1-7H3/b9-8-,11-10+,14-12+,17-16+,19-13+,20-15+. The molecule has 1 heteroatoms. The van der Waals surface area contributed by atoms with Crippen LogP contribution in [0.15, 0.2) is 83.1 Å². The number of hydrogen-bond donors (Lipinski definition) is 0. The molecule has 0 bridgehead atoms. The fourth-order valence-electron chi connectivity index (χ4n) is 3.39. The molecule has 0 aromatic carbocycles. The minimum atomic E-state index is 0.0443. The van der Waals surface area contributed by atoms with E-state index in [9.17, 15) is 4.79 Å². The molecule has 1 aliphatic rings. The smallest absolute Gasteiger partial charge is 0.161 e. The zero-order valence-corrected chi connectivity index (χ0v) is 17.5. The van der Waals surface area contributed by atoms with Crippen molar-refractivity contribution in [3.63, 3.8) is 0 Å². The lowest BCUT2D eigenvalue weighted by Gasteiger charge is -2.35. The summed E-state index contributed by atoms with van der Waals surface area (Å²) < 4.78 is 0. The summed E-state index contributed by atoms with van der Waals surface area (Å²) in [6.45, 7) is 14.6. The van der Waals surface area contributed by atoms with E-state index >= 15 is 0 Å². The van der Waals surface area contributed by atoms with Crippen LogP contribution < -0.4 is 0 Å². The molecule has 26 heavy (non-hydrogen) atoms. The van der Waals surface area contributed by atoms with Gasteiger partial charge < -0.3 is 0 Å². The van der Waals surface area contributed by atoms with Crippen molar-refractivity contribution in [3.05, 3.63) is 83.1 Å². The SMILES string of the molecule is C\C=C/C=C/C=C(C)/C=C/C=C(C)/C=C/C1=C(C)C(=O)C(C)CC1(C)C. The summed E-state index contributed by atoms with van der Waals surface area (Å²) >= 11 is 0. The largest absolute Gasteiger partial charge is 0.294 e. The number of ketones is 1. The third-order valence-electron chi connectivity index (χ3n) is 4.77. The van der Waals surface area contributed by atoms with Crippen LogP contribution in [0.1, 0.15) is 54.9 Å². The van der Waals surface area contributed by atoms with Gasteiger partial charge in [0.15, 0.2) is 5.78 Å². The van der Waals surface area contributed by atoms with Crippen LogP contribution in [0.3, 0.4) is 0 Å². The highest BCUT2D eigenvalue weighted by Gasteiger charge is 2.35. The monoisotopic (exact) mass is 350 g/mol. The van der Waals surface area contributed by atoms with Crippen LogP contribution in [0.4, 0.5) is 0 Å². The summed E-state index contributed by atoms with van der Waals surface area (Å²) in [7, 11) is 0. The first-order valence-corrected chi connectivity index (χ1v) is 9.44. The van der Waals surface area contributed by atoms with Gasteiger partial charge in [-0.1, -0.05) is 92.7 Å². The van der Waals surface area contributed by atoms with Crippen molar-refractivity contribution < 1.29 is 4.79 Å². The van der Waals surface area contributed by atoms with Gasteiger partial charge in [-0.05, 0) is 50.7 Å². The molecule has 0 spiro atoms. The first kappa shape index (κ1) is 21.9. The third-order valence-corrected chi connectivity index (χ3v) is 4.77. The number of carbonyl (C=O) groups is 1. The molecule has 0 aliphatic heterocycles. The van der Waals surface area contributed by atoms with Crippen molar-refractivity contribution in [2.75, 3.05) is 0 Å². The Bertz CT molecular complexity index is 715. The Balaban J connectivity index is 2.86. The van der Waals surface area contributed by atoms with Crippen molar-refractivity contribution >= 4 is 5.78 Å². The first-order chi connectivity index (χ1) is 12.2. The molecule has 0 aromatic rings. The van der Waals surface area contributed by atoms with Gasteiger partial charge in [0.25, 0.3) is 0 Å². The van der Waals surface area contributed by atoms with Gasteiger partial charge in [-0.15, -0.1) is 0 Å². The highest BCUT2D eigenvalue weighted by Crippen LogP contribution is 2.41. The van der Waals surface area contributed by atoms with Gasteiger partial charge in [-0.3, -0.25) is 4.79 Å². The van der Waals surface area contributed by atoms with E-state index in [-0.39, 0.29) is 17.1 Å². The van der Waals surface area contributed by atoms with Crippen LogP contribution in [0.5, 0.6) is 0 Å². The molecular formula is C25H34O. The van der Waals surface area contributed by atoms with E-state index in [0.717, 1.165) is 12.0 Å². The maximum Gasteiger partial charge on any atom is 0.161 e. The van der Waals surface area contributed by atoms with Gasteiger partial charge in [0.2, 0.25) is 0 Å². The second kappa shape index (κ2) is 10.1. The maximum absolute atomic E-state index is 12.3. The highest BCUT2D eigenvalue weighted by atomic mass is 16.1. The molecule has 1 atom stereocenters. The highest BCUT2D eigenvalue weighted by molar-refractivity contribution is 5.98. The Morgan fingerprint density at radius 1 is 1.00 bits per heavy atom. The number of rotatable bonds is 6. The predicted octanol–water partition coefficient (Wildman–Crippen LogP) is 7.08. The van der Waals surface area contributed by atoms with E-state index in [4.69, 9.17) is 0 Å². The van der Waals surface area contributed by atoms with Crippen LogP contribution in [-0.2, 0) is 4.79 Å². The summed E-state index contributed by atoms with van der Waals surface area (Å²) in [5, 5.41) is 0. The lowest BCUT2D eigenvalue weighted by Crippen LogP contribution is -2.30. The van der Waals surface area contributed by atoms with Crippen molar-refractivity contribution in [1.29, 1.82) is 0 Å². The fourth-order valence-corrected chi connectivity index (χ4v) is 3.39. The van der Waals surface area contributed by atoms with Crippen molar-refractivity contribution in [3.8, 4) is 0 Å². The van der Waals surface area contributed by atoms with Gasteiger partial charge in [0.05, 0.1) is 0 Å². The topological polar surface area (TPSA) is 17.1 Å². The normalized spacial score (nSPS) is 22.7. The molecule has 0 saturated carbocycles. The van der Waals surface area contributed by atoms with Crippen LogP contribution in [0.25, 0.3) is 0 Å². The van der Waals surface area contributed by atoms with E-state index in [1.807, 2.05) is 45.1 Å². The third kappa shape index (κ3) is 6.63. The molecule has 1 unspecified atom stereocenters. The molecule has 0 amide bonds. The molecule has 0 saturated heterocycles. The molecule has 1 aliphatic carbocycles. The van der Waals surface area contributed by atoms with Gasteiger partial charge in [-0.2, -0.15) is 0 Å². The van der Waals surface area contributed by atoms with Gasteiger partial charge in [0.1, 0.15) is 0 Å². The Morgan fingerprint density at radius 2 is 1.62 bits per heavy atom. The van der Waals surface area contributed by atoms with Crippen LogP contribution in [-0.4, -0.2) is 5.78 Å². The Kier molecular flexibility index (Phi) is 8.51. The summed E-state index contributed by atoms with van der Waals surface area (Å²) in [5.74, 6) is 0.413. The Labute approximate surface area is 160 Å². The van der Waals surface area contributed by atoms with E-state index in [1.165, 1.54) is 16.7 Å².